The Morgan fingerprint density at radius 1 is 1.06 bits per heavy atom. The summed E-state index contributed by atoms with van der Waals surface area (Å²) in [6.45, 7) is 4.05. The van der Waals surface area contributed by atoms with Crippen LogP contribution in [0.5, 0.6) is 11.5 Å². The van der Waals surface area contributed by atoms with Crippen LogP contribution in [0.3, 0.4) is 0 Å². The number of halogens is 3. The van der Waals surface area contributed by atoms with Crippen LogP contribution in [-0.4, -0.2) is 40.4 Å². The van der Waals surface area contributed by atoms with Crippen molar-refractivity contribution in [3.63, 3.8) is 0 Å². The van der Waals surface area contributed by atoms with E-state index in [0.29, 0.717) is 23.8 Å². The number of anilines is 1. The topological polar surface area (TPSA) is 76.6 Å². The van der Waals surface area contributed by atoms with Crippen molar-refractivity contribution in [2.75, 3.05) is 12.4 Å². The zero-order valence-corrected chi connectivity index (χ0v) is 18.3. The molecule has 0 unspecified atom stereocenters. The first-order chi connectivity index (χ1) is 15.6. The highest BCUT2D eigenvalue weighted by Crippen LogP contribution is 2.24. The number of nitrogens with one attached hydrogen (secondary N) is 1. The molecule has 0 fully saturated rings. The number of ether oxygens (including phenoxy) is 2. The Bertz CT molecular complexity index is 1070. The van der Waals surface area contributed by atoms with Crippen LogP contribution < -0.4 is 14.8 Å². The van der Waals surface area contributed by atoms with E-state index in [1.165, 1.54) is 19.2 Å². The summed E-state index contributed by atoms with van der Waals surface area (Å²) in [5.74, 6) is 0.716. The molecule has 7 nitrogen and oxygen atoms in total. The van der Waals surface area contributed by atoms with Crippen LogP contribution in [0.4, 0.5) is 23.7 Å². The van der Waals surface area contributed by atoms with Gasteiger partial charge in [-0.15, -0.1) is 13.2 Å². The number of rotatable bonds is 7. The van der Waals surface area contributed by atoms with E-state index in [9.17, 15) is 18.0 Å². The smallest absolute Gasteiger partial charge is 0.494 e. The van der Waals surface area contributed by atoms with Gasteiger partial charge in [0.2, 0.25) is 0 Å². The number of methoxy groups -OCH3 is 1. The molecular formula is C23H23F3N4O3. The van der Waals surface area contributed by atoms with Crippen molar-refractivity contribution < 1.29 is 27.4 Å². The fraction of sp³-hybridized carbons (Fsp3) is 0.261. The van der Waals surface area contributed by atoms with E-state index >= 15 is 0 Å². The van der Waals surface area contributed by atoms with Crippen molar-refractivity contribution in [1.82, 2.24) is 14.9 Å². The third-order valence-electron chi connectivity index (χ3n) is 4.63. The zero-order valence-electron chi connectivity index (χ0n) is 18.3. The number of carbonyl (C=O) groups is 1. The number of benzene rings is 2. The number of alkyl halides is 3. The van der Waals surface area contributed by atoms with Gasteiger partial charge in [-0.1, -0.05) is 18.2 Å². The summed E-state index contributed by atoms with van der Waals surface area (Å²) in [7, 11) is 1.54. The number of carbonyl (C=O) groups excluding carboxylic acids is 1. The highest BCUT2D eigenvalue weighted by molar-refractivity contribution is 5.89. The normalized spacial score (nSPS) is 11.2. The zero-order chi connectivity index (χ0) is 24.0. The number of amides is 2. The summed E-state index contributed by atoms with van der Waals surface area (Å²) in [5, 5.41) is 2.70. The van der Waals surface area contributed by atoms with Gasteiger partial charge in [0.15, 0.2) is 11.6 Å². The van der Waals surface area contributed by atoms with Gasteiger partial charge < -0.3 is 19.7 Å². The third kappa shape index (κ3) is 6.83. The highest BCUT2D eigenvalue weighted by Gasteiger charge is 2.31. The SMILES string of the molecule is COc1cnc(-c2cccc(CN(C(=O)Nc3ccc(OC(F)(F)F)cc3)C(C)C)c2)nc1. The summed E-state index contributed by atoms with van der Waals surface area (Å²) >= 11 is 0. The van der Waals surface area contributed by atoms with Gasteiger partial charge in [0, 0.05) is 23.8 Å². The minimum absolute atomic E-state index is 0.140. The summed E-state index contributed by atoms with van der Waals surface area (Å²) in [5.41, 5.74) is 2.00. The molecule has 1 N–H and O–H groups in total. The van der Waals surface area contributed by atoms with Crippen molar-refractivity contribution in [3.8, 4) is 22.9 Å². The first-order valence-electron chi connectivity index (χ1n) is 10.0. The molecule has 0 saturated carbocycles. The number of urea groups is 1. The Labute approximate surface area is 189 Å². The Hall–Kier alpha value is -3.82. The molecule has 3 rings (SSSR count). The molecular weight excluding hydrogens is 437 g/mol. The first-order valence-corrected chi connectivity index (χ1v) is 10.0. The summed E-state index contributed by atoms with van der Waals surface area (Å²) in [6.07, 6.45) is -1.62. The largest absolute Gasteiger partial charge is 0.573 e. The van der Waals surface area contributed by atoms with E-state index < -0.39 is 6.36 Å². The van der Waals surface area contributed by atoms with E-state index in [1.54, 1.807) is 17.3 Å². The molecule has 10 heteroatoms. The van der Waals surface area contributed by atoms with Crippen molar-refractivity contribution in [2.24, 2.45) is 0 Å². The molecule has 2 amide bonds. The number of nitrogens with zero attached hydrogens (tertiary/aromatic N) is 3. The first kappa shape index (κ1) is 23.8. The number of hydrogen-bond acceptors (Lipinski definition) is 5. The summed E-state index contributed by atoms with van der Waals surface area (Å²) in [6, 6.07) is 12.0. The second kappa shape index (κ2) is 10.2. The molecule has 0 aliphatic rings. The highest BCUT2D eigenvalue weighted by atomic mass is 19.4. The van der Waals surface area contributed by atoms with Crippen LogP contribution in [0.1, 0.15) is 19.4 Å². The molecule has 2 aromatic carbocycles. The average molecular weight is 460 g/mol. The standard InChI is InChI=1S/C23H23F3N4O3/c1-15(2)30(22(31)29-18-7-9-19(10-8-18)33-23(24,25)26)14-16-5-4-6-17(11-16)21-27-12-20(32-3)13-28-21/h4-13,15H,14H2,1-3H3,(H,29,31). The molecule has 3 aromatic rings. The lowest BCUT2D eigenvalue weighted by Crippen LogP contribution is -2.39. The molecule has 0 aliphatic carbocycles. The molecule has 0 bridgehead atoms. The average Bonchev–Trinajstić information content (AvgIpc) is 2.78. The van der Waals surface area contributed by atoms with Gasteiger partial charge in [0.05, 0.1) is 19.5 Å². The van der Waals surface area contributed by atoms with Crippen molar-refractivity contribution in [2.45, 2.75) is 32.8 Å². The van der Waals surface area contributed by atoms with Crippen molar-refractivity contribution >= 4 is 11.7 Å². The van der Waals surface area contributed by atoms with Gasteiger partial charge in [-0.25, -0.2) is 14.8 Å². The van der Waals surface area contributed by atoms with Gasteiger partial charge >= 0.3 is 12.4 Å². The molecule has 0 radical (unpaired) electrons. The lowest BCUT2D eigenvalue weighted by Gasteiger charge is -2.27. The maximum Gasteiger partial charge on any atom is 0.573 e. The van der Waals surface area contributed by atoms with Gasteiger partial charge in [-0.2, -0.15) is 0 Å². The second-order valence-corrected chi connectivity index (χ2v) is 7.37. The molecule has 174 valence electrons. The maximum absolute atomic E-state index is 12.9. The third-order valence-corrected chi connectivity index (χ3v) is 4.63. The van der Waals surface area contributed by atoms with Crippen LogP contribution in [0.2, 0.25) is 0 Å². The molecule has 0 spiro atoms. The monoisotopic (exact) mass is 460 g/mol. The van der Waals surface area contributed by atoms with Crippen LogP contribution in [-0.2, 0) is 6.54 Å². The summed E-state index contributed by atoms with van der Waals surface area (Å²) < 4.78 is 45.9. The van der Waals surface area contributed by atoms with Gasteiger partial charge in [0.25, 0.3) is 0 Å². The quantitative estimate of drug-likeness (QED) is 0.504. The second-order valence-electron chi connectivity index (χ2n) is 7.37. The molecule has 0 atom stereocenters. The van der Waals surface area contributed by atoms with E-state index in [0.717, 1.165) is 23.3 Å². The van der Waals surface area contributed by atoms with Crippen LogP contribution in [0.15, 0.2) is 60.9 Å². The maximum atomic E-state index is 12.9. The van der Waals surface area contributed by atoms with Gasteiger partial charge in [-0.05, 0) is 49.7 Å². The van der Waals surface area contributed by atoms with E-state index in [2.05, 4.69) is 20.0 Å². The summed E-state index contributed by atoms with van der Waals surface area (Å²) in [4.78, 5) is 23.0. The number of hydrogen-bond donors (Lipinski definition) is 1. The van der Waals surface area contributed by atoms with Crippen LogP contribution in [0.25, 0.3) is 11.4 Å². The van der Waals surface area contributed by atoms with Crippen molar-refractivity contribution in [3.05, 3.63) is 66.5 Å². The van der Waals surface area contributed by atoms with Crippen molar-refractivity contribution in [1.29, 1.82) is 0 Å². The van der Waals surface area contributed by atoms with Crippen LogP contribution >= 0.6 is 0 Å². The fourth-order valence-corrected chi connectivity index (χ4v) is 3.00. The predicted octanol–water partition coefficient (Wildman–Crippen LogP) is 5.49. The fourth-order valence-electron chi connectivity index (χ4n) is 3.00. The van der Waals surface area contributed by atoms with E-state index in [1.807, 2.05) is 38.1 Å². The van der Waals surface area contributed by atoms with E-state index in [-0.39, 0.29) is 17.8 Å². The van der Waals surface area contributed by atoms with E-state index in [4.69, 9.17) is 4.74 Å². The Morgan fingerprint density at radius 3 is 2.30 bits per heavy atom. The lowest BCUT2D eigenvalue weighted by molar-refractivity contribution is -0.274. The minimum atomic E-state index is -4.77. The van der Waals surface area contributed by atoms with Crippen LogP contribution in [0, 0.1) is 0 Å². The Kier molecular flexibility index (Phi) is 7.37. The number of aromatic nitrogens is 2. The Balaban J connectivity index is 1.70. The van der Waals surface area contributed by atoms with Gasteiger partial charge in [-0.3, -0.25) is 0 Å². The molecule has 1 aromatic heterocycles. The van der Waals surface area contributed by atoms with Gasteiger partial charge in [0.1, 0.15) is 5.75 Å². The molecule has 1 heterocycles. The molecule has 0 aliphatic heterocycles. The molecule has 0 saturated heterocycles. The lowest BCUT2D eigenvalue weighted by atomic mass is 10.1. The Morgan fingerprint density at radius 2 is 1.73 bits per heavy atom. The predicted molar refractivity (Wildman–Crippen MR) is 117 cm³/mol. The molecule has 33 heavy (non-hydrogen) atoms. The minimum Gasteiger partial charge on any atom is -0.494 e.